The fourth-order valence-electron chi connectivity index (χ4n) is 2.49. The van der Waals surface area contributed by atoms with Crippen molar-refractivity contribution in [2.24, 2.45) is 10.1 Å². The first-order valence-electron chi connectivity index (χ1n) is 8.33. The molecule has 1 aromatic heterocycles. The van der Waals surface area contributed by atoms with Crippen LogP contribution in [-0.4, -0.2) is 29.7 Å². The van der Waals surface area contributed by atoms with Gasteiger partial charge in [-0.2, -0.15) is 5.10 Å². The molecule has 6 heteroatoms. The molecule has 5 nitrogen and oxygen atoms in total. The van der Waals surface area contributed by atoms with Crippen molar-refractivity contribution in [3.63, 3.8) is 0 Å². The van der Waals surface area contributed by atoms with Crippen LogP contribution < -0.4 is 9.54 Å². The Labute approximate surface area is 156 Å². The van der Waals surface area contributed by atoms with Crippen LogP contribution >= 0.6 is 11.3 Å². The number of aryl methyl sites for hydroxylation is 1. The number of nitrogens with zero attached hydrogens (tertiary/aromatic N) is 3. The molecule has 0 atom stereocenters. The average molecular weight is 367 g/mol. The standard InChI is InChI=1S/C20H21N3O2S/c1-4-25-17-10-9-16(19(24)11-17)12-22-23-18(13-26-20(23)21-3)15-7-5-14(2)6-8-15/h5-13,24H,4H2,1-3H3. The van der Waals surface area contributed by atoms with Crippen LogP contribution in [0.15, 0.2) is 57.9 Å². The Morgan fingerprint density at radius 2 is 1.96 bits per heavy atom. The topological polar surface area (TPSA) is 59.1 Å². The second-order valence-electron chi connectivity index (χ2n) is 5.70. The molecule has 0 saturated carbocycles. The van der Waals surface area contributed by atoms with Crippen LogP contribution in [0, 0.1) is 6.92 Å². The SMILES string of the molecule is CCOc1ccc(C=Nn2c(-c3ccc(C)cc3)csc2=NC)c(O)c1. The largest absolute Gasteiger partial charge is 0.507 e. The quantitative estimate of drug-likeness (QED) is 0.692. The lowest BCUT2D eigenvalue weighted by Gasteiger charge is -2.06. The van der Waals surface area contributed by atoms with Crippen LogP contribution in [-0.2, 0) is 0 Å². The Hall–Kier alpha value is -2.86. The number of phenolic OH excluding ortho intramolecular Hbond substituents is 1. The summed E-state index contributed by atoms with van der Waals surface area (Å²) in [6.07, 6.45) is 1.63. The molecule has 0 bridgehead atoms. The summed E-state index contributed by atoms with van der Waals surface area (Å²) in [5.74, 6) is 0.761. The number of aromatic hydroxyl groups is 1. The molecular formula is C20H21N3O2S. The van der Waals surface area contributed by atoms with Gasteiger partial charge in [0, 0.05) is 29.6 Å². The third-order valence-electron chi connectivity index (χ3n) is 3.85. The van der Waals surface area contributed by atoms with Gasteiger partial charge >= 0.3 is 0 Å². The van der Waals surface area contributed by atoms with E-state index in [1.807, 2.05) is 18.4 Å². The van der Waals surface area contributed by atoms with Crippen LogP contribution in [0.2, 0.25) is 0 Å². The van der Waals surface area contributed by atoms with E-state index < -0.39 is 0 Å². The molecule has 1 N–H and O–H groups in total. The fourth-order valence-corrected chi connectivity index (χ4v) is 3.30. The van der Waals surface area contributed by atoms with E-state index in [1.165, 1.54) is 16.9 Å². The molecule has 26 heavy (non-hydrogen) atoms. The van der Waals surface area contributed by atoms with E-state index in [0.29, 0.717) is 17.9 Å². The Balaban J connectivity index is 1.98. The first-order chi connectivity index (χ1) is 12.6. The number of benzene rings is 2. The van der Waals surface area contributed by atoms with Crippen molar-refractivity contribution in [1.29, 1.82) is 0 Å². The number of phenols is 1. The minimum Gasteiger partial charge on any atom is -0.507 e. The van der Waals surface area contributed by atoms with Gasteiger partial charge in [0.25, 0.3) is 0 Å². The third kappa shape index (κ3) is 3.86. The highest BCUT2D eigenvalue weighted by Crippen LogP contribution is 2.23. The van der Waals surface area contributed by atoms with Crippen LogP contribution in [0.4, 0.5) is 0 Å². The molecule has 1 heterocycles. The van der Waals surface area contributed by atoms with Gasteiger partial charge in [-0.25, -0.2) is 4.68 Å². The molecule has 0 radical (unpaired) electrons. The van der Waals surface area contributed by atoms with E-state index >= 15 is 0 Å². The first kappa shape index (κ1) is 17.9. The molecule has 0 amide bonds. The summed E-state index contributed by atoms with van der Waals surface area (Å²) in [4.78, 5) is 5.07. The van der Waals surface area contributed by atoms with Crippen LogP contribution in [0.3, 0.4) is 0 Å². The van der Waals surface area contributed by atoms with E-state index in [9.17, 15) is 5.11 Å². The maximum atomic E-state index is 10.2. The smallest absolute Gasteiger partial charge is 0.205 e. The molecule has 2 aromatic carbocycles. The number of rotatable bonds is 5. The Morgan fingerprint density at radius 3 is 2.62 bits per heavy atom. The van der Waals surface area contributed by atoms with Gasteiger partial charge in [-0.1, -0.05) is 29.8 Å². The van der Waals surface area contributed by atoms with Crippen LogP contribution in [0.1, 0.15) is 18.1 Å². The van der Waals surface area contributed by atoms with Crippen LogP contribution in [0.5, 0.6) is 11.5 Å². The number of aromatic nitrogens is 1. The first-order valence-corrected chi connectivity index (χ1v) is 9.21. The van der Waals surface area contributed by atoms with E-state index in [-0.39, 0.29) is 5.75 Å². The van der Waals surface area contributed by atoms with Gasteiger partial charge in [-0.05, 0) is 26.0 Å². The van der Waals surface area contributed by atoms with Gasteiger partial charge in [0.05, 0.1) is 18.5 Å². The molecule has 0 unspecified atom stereocenters. The molecule has 3 aromatic rings. The Kier molecular flexibility index (Phi) is 5.53. The highest BCUT2D eigenvalue weighted by Gasteiger charge is 2.07. The molecule has 0 aliphatic heterocycles. The summed E-state index contributed by atoms with van der Waals surface area (Å²) in [6, 6.07) is 13.5. The van der Waals surface area contributed by atoms with Gasteiger partial charge in [0.1, 0.15) is 11.5 Å². The molecule has 0 aliphatic rings. The van der Waals surface area contributed by atoms with Gasteiger partial charge in [0.15, 0.2) is 0 Å². The second kappa shape index (κ2) is 8.01. The molecule has 0 saturated heterocycles. The fraction of sp³-hybridized carbons (Fsp3) is 0.200. The van der Waals surface area contributed by atoms with Crippen molar-refractivity contribution < 1.29 is 9.84 Å². The number of thiazole rings is 1. The average Bonchev–Trinajstić information content (AvgIpc) is 3.05. The van der Waals surface area contributed by atoms with E-state index in [4.69, 9.17) is 4.74 Å². The lowest BCUT2D eigenvalue weighted by molar-refractivity contribution is 0.337. The minimum absolute atomic E-state index is 0.127. The third-order valence-corrected chi connectivity index (χ3v) is 4.76. The number of hydrogen-bond donors (Lipinski definition) is 1. The predicted molar refractivity (Wildman–Crippen MR) is 106 cm³/mol. The Morgan fingerprint density at radius 1 is 1.19 bits per heavy atom. The van der Waals surface area contributed by atoms with Gasteiger partial charge in [0.2, 0.25) is 4.80 Å². The van der Waals surface area contributed by atoms with Gasteiger partial charge in [-0.3, -0.25) is 4.99 Å². The lowest BCUT2D eigenvalue weighted by Crippen LogP contribution is -2.11. The molecule has 134 valence electrons. The lowest BCUT2D eigenvalue weighted by atomic mass is 10.1. The van der Waals surface area contributed by atoms with Crippen molar-refractivity contribution >= 4 is 17.6 Å². The Bertz CT molecular complexity index is 985. The minimum atomic E-state index is 0.127. The van der Waals surface area contributed by atoms with Gasteiger partial charge in [-0.15, -0.1) is 11.3 Å². The van der Waals surface area contributed by atoms with Crippen molar-refractivity contribution in [3.8, 4) is 22.8 Å². The van der Waals surface area contributed by atoms with E-state index in [0.717, 1.165) is 16.1 Å². The van der Waals surface area contributed by atoms with Crippen molar-refractivity contribution in [2.75, 3.05) is 13.7 Å². The monoisotopic (exact) mass is 367 g/mol. The maximum absolute atomic E-state index is 10.2. The highest BCUT2D eigenvalue weighted by atomic mass is 32.1. The van der Waals surface area contributed by atoms with Crippen molar-refractivity contribution in [2.45, 2.75) is 13.8 Å². The van der Waals surface area contributed by atoms with Gasteiger partial charge < -0.3 is 9.84 Å². The van der Waals surface area contributed by atoms with Crippen molar-refractivity contribution in [3.05, 3.63) is 63.8 Å². The molecular weight excluding hydrogens is 346 g/mol. The second-order valence-corrected chi connectivity index (χ2v) is 6.54. The highest BCUT2D eigenvalue weighted by molar-refractivity contribution is 7.07. The zero-order chi connectivity index (χ0) is 18.5. The molecule has 3 rings (SSSR count). The number of hydrogen-bond acceptors (Lipinski definition) is 5. The molecule has 0 spiro atoms. The molecule has 0 aliphatic carbocycles. The summed E-state index contributed by atoms with van der Waals surface area (Å²) in [7, 11) is 1.74. The summed E-state index contributed by atoms with van der Waals surface area (Å²) >= 11 is 1.52. The van der Waals surface area contributed by atoms with Crippen molar-refractivity contribution in [1.82, 2.24) is 4.68 Å². The summed E-state index contributed by atoms with van der Waals surface area (Å²) in [6.45, 7) is 4.52. The van der Waals surface area contributed by atoms with E-state index in [2.05, 4.69) is 41.3 Å². The predicted octanol–water partition coefficient (Wildman–Crippen LogP) is 4.04. The zero-order valence-corrected chi connectivity index (χ0v) is 15.8. The summed E-state index contributed by atoms with van der Waals surface area (Å²) in [5.41, 5.74) is 3.84. The summed E-state index contributed by atoms with van der Waals surface area (Å²) < 4.78 is 7.18. The summed E-state index contributed by atoms with van der Waals surface area (Å²) in [5, 5.41) is 16.8. The molecule has 0 fully saturated rings. The van der Waals surface area contributed by atoms with Crippen LogP contribution in [0.25, 0.3) is 11.3 Å². The maximum Gasteiger partial charge on any atom is 0.205 e. The zero-order valence-electron chi connectivity index (χ0n) is 15.0. The normalized spacial score (nSPS) is 12.0. The van der Waals surface area contributed by atoms with E-state index in [1.54, 1.807) is 30.1 Å². The number of ether oxygens (including phenoxy) is 1.